The highest BCUT2D eigenvalue weighted by Gasteiger charge is 2.34. The molecule has 174 valence electrons. The van der Waals surface area contributed by atoms with E-state index in [2.05, 4.69) is 5.32 Å². The molecule has 1 fully saturated rings. The highest BCUT2D eigenvalue weighted by Crippen LogP contribution is 2.26. The average molecular weight is 460 g/mol. The molecule has 1 N–H and O–H groups in total. The highest BCUT2D eigenvalue weighted by molar-refractivity contribution is 5.98. The Hall–Kier alpha value is -4.20. The summed E-state index contributed by atoms with van der Waals surface area (Å²) in [7, 11) is 0. The van der Waals surface area contributed by atoms with Crippen molar-refractivity contribution in [2.45, 2.75) is 32.4 Å². The molecule has 0 spiro atoms. The molecule has 3 aromatic rings. The van der Waals surface area contributed by atoms with E-state index in [1.165, 1.54) is 18.2 Å². The number of carbonyl (C=O) groups excluding carboxylic acids is 2. The molecule has 0 saturated carbocycles. The maximum atomic E-state index is 13.1. The minimum atomic E-state index is -0.592. The average Bonchev–Trinajstić information content (AvgIpc) is 3.33. The number of nitrogens with one attached hydrogen (secondary N) is 1. The second-order valence-corrected chi connectivity index (χ2v) is 8.16. The van der Waals surface area contributed by atoms with Crippen molar-refractivity contribution in [2.24, 2.45) is 0 Å². The fourth-order valence-corrected chi connectivity index (χ4v) is 4.11. The SMILES string of the molecule is Cc1cc(C(=O)N2CCCC2C(=O)NCc2ccccc2Oc2ccccc2)ccc1[N+](=O)[O-]. The zero-order chi connectivity index (χ0) is 24.1. The van der Waals surface area contributed by atoms with E-state index in [-0.39, 0.29) is 24.0 Å². The molecule has 0 aliphatic carbocycles. The summed E-state index contributed by atoms with van der Waals surface area (Å²) in [4.78, 5) is 38.2. The van der Waals surface area contributed by atoms with Gasteiger partial charge in [-0.2, -0.15) is 0 Å². The third-order valence-corrected chi connectivity index (χ3v) is 5.85. The molecule has 2 amide bonds. The Morgan fingerprint density at radius 2 is 1.82 bits per heavy atom. The van der Waals surface area contributed by atoms with Gasteiger partial charge in [-0.1, -0.05) is 36.4 Å². The van der Waals surface area contributed by atoms with Crippen LogP contribution >= 0.6 is 0 Å². The molecule has 1 atom stereocenters. The van der Waals surface area contributed by atoms with Gasteiger partial charge in [-0.3, -0.25) is 19.7 Å². The molecule has 1 aliphatic rings. The van der Waals surface area contributed by atoms with E-state index in [0.29, 0.717) is 42.0 Å². The highest BCUT2D eigenvalue weighted by atomic mass is 16.6. The molecule has 8 nitrogen and oxygen atoms in total. The number of rotatable bonds is 7. The molecule has 0 aromatic heterocycles. The Morgan fingerprint density at radius 1 is 1.09 bits per heavy atom. The smallest absolute Gasteiger partial charge is 0.272 e. The Balaban J connectivity index is 1.43. The summed E-state index contributed by atoms with van der Waals surface area (Å²) in [5.41, 5.74) is 1.53. The summed E-state index contributed by atoms with van der Waals surface area (Å²) >= 11 is 0. The number of aryl methyl sites for hydroxylation is 1. The van der Waals surface area contributed by atoms with Gasteiger partial charge < -0.3 is 15.0 Å². The predicted octanol–water partition coefficient (Wildman–Crippen LogP) is 4.62. The minimum absolute atomic E-state index is 0.0383. The van der Waals surface area contributed by atoms with Crippen molar-refractivity contribution < 1.29 is 19.2 Å². The van der Waals surface area contributed by atoms with Gasteiger partial charge in [0, 0.05) is 35.8 Å². The van der Waals surface area contributed by atoms with Crippen LogP contribution in [-0.2, 0) is 11.3 Å². The zero-order valence-corrected chi connectivity index (χ0v) is 18.8. The van der Waals surface area contributed by atoms with Gasteiger partial charge in [0.1, 0.15) is 17.5 Å². The first-order chi connectivity index (χ1) is 16.4. The summed E-state index contributed by atoms with van der Waals surface area (Å²) in [5.74, 6) is 0.810. The first-order valence-electron chi connectivity index (χ1n) is 11.1. The maximum Gasteiger partial charge on any atom is 0.272 e. The molecular formula is C26H25N3O5. The van der Waals surface area contributed by atoms with E-state index in [9.17, 15) is 19.7 Å². The number of nitrogens with zero attached hydrogens (tertiary/aromatic N) is 2. The van der Waals surface area contributed by atoms with E-state index < -0.39 is 11.0 Å². The van der Waals surface area contributed by atoms with Gasteiger partial charge in [0.05, 0.1) is 4.92 Å². The standard InChI is InChI=1S/C26H25N3O5/c1-18-16-19(13-14-22(18)29(32)33)26(31)28-15-7-11-23(28)25(30)27-17-20-8-5-6-12-24(20)34-21-9-3-2-4-10-21/h2-6,8-10,12-14,16,23H,7,11,15,17H2,1H3,(H,27,30). The summed E-state index contributed by atoms with van der Waals surface area (Å²) in [6.45, 7) is 2.32. The van der Waals surface area contributed by atoms with Crippen molar-refractivity contribution in [3.05, 3.63) is 99.6 Å². The van der Waals surface area contributed by atoms with Crippen molar-refractivity contribution in [3.63, 3.8) is 0 Å². The van der Waals surface area contributed by atoms with Gasteiger partial charge in [0.15, 0.2) is 0 Å². The molecule has 34 heavy (non-hydrogen) atoms. The number of benzene rings is 3. The Morgan fingerprint density at radius 3 is 2.56 bits per heavy atom. The molecule has 0 bridgehead atoms. The number of hydrogen-bond acceptors (Lipinski definition) is 5. The van der Waals surface area contributed by atoms with Crippen LogP contribution in [-0.4, -0.2) is 34.2 Å². The first kappa shape index (κ1) is 23.0. The molecule has 8 heteroatoms. The van der Waals surface area contributed by atoms with Gasteiger partial charge in [-0.05, 0) is 50.1 Å². The lowest BCUT2D eigenvalue weighted by atomic mass is 10.1. The predicted molar refractivity (Wildman–Crippen MR) is 127 cm³/mol. The van der Waals surface area contributed by atoms with E-state index >= 15 is 0 Å². The van der Waals surface area contributed by atoms with E-state index in [0.717, 1.165) is 5.56 Å². The second-order valence-electron chi connectivity index (χ2n) is 8.16. The first-order valence-corrected chi connectivity index (χ1v) is 11.1. The largest absolute Gasteiger partial charge is 0.457 e. The summed E-state index contributed by atoms with van der Waals surface area (Å²) < 4.78 is 5.96. The number of amides is 2. The number of likely N-dealkylation sites (tertiary alicyclic amines) is 1. The molecule has 1 heterocycles. The van der Waals surface area contributed by atoms with Crippen molar-refractivity contribution in [2.75, 3.05) is 6.54 Å². The molecule has 0 radical (unpaired) electrons. The molecule has 1 unspecified atom stereocenters. The van der Waals surface area contributed by atoms with Crippen LogP contribution in [0.5, 0.6) is 11.5 Å². The van der Waals surface area contributed by atoms with Gasteiger partial charge in [-0.25, -0.2) is 0 Å². The minimum Gasteiger partial charge on any atom is -0.457 e. The van der Waals surface area contributed by atoms with Crippen LogP contribution in [0.3, 0.4) is 0 Å². The third kappa shape index (κ3) is 5.06. The number of carbonyl (C=O) groups is 2. The summed E-state index contributed by atoms with van der Waals surface area (Å²) in [5, 5.41) is 14.0. The van der Waals surface area contributed by atoms with Crippen molar-refractivity contribution in [3.8, 4) is 11.5 Å². The van der Waals surface area contributed by atoms with Crippen LogP contribution in [0.4, 0.5) is 5.69 Å². The van der Waals surface area contributed by atoms with Crippen LogP contribution in [0.1, 0.15) is 34.3 Å². The molecular weight excluding hydrogens is 434 g/mol. The van der Waals surface area contributed by atoms with Gasteiger partial charge >= 0.3 is 0 Å². The number of hydrogen-bond donors (Lipinski definition) is 1. The molecule has 1 saturated heterocycles. The van der Waals surface area contributed by atoms with E-state index in [1.54, 1.807) is 11.8 Å². The van der Waals surface area contributed by atoms with Crippen LogP contribution in [0.25, 0.3) is 0 Å². The van der Waals surface area contributed by atoms with Crippen LogP contribution in [0.2, 0.25) is 0 Å². The van der Waals surface area contributed by atoms with E-state index in [1.807, 2.05) is 54.6 Å². The fraction of sp³-hybridized carbons (Fsp3) is 0.231. The van der Waals surface area contributed by atoms with Crippen LogP contribution in [0, 0.1) is 17.0 Å². The Labute approximate surface area is 197 Å². The molecule has 3 aromatic carbocycles. The van der Waals surface area contributed by atoms with Gasteiger partial charge in [0.2, 0.25) is 5.91 Å². The lowest BCUT2D eigenvalue weighted by Gasteiger charge is -2.24. The zero-order valence-electron chi connectivity index (χ0n) is 18.8. The molecule has 4 rings (SSSR count). The normalized spacial score (nSPS) is 15.1. The molecule has 1 aliphatic heterocycles. The van der Waals surface area contributed by atoms with Gasteiger partial charge in [0.25, 0.3) is 11.6 Å². The Bertz CT molecular complexity index is 1210. The topological polar surface area (TPSA) is 102 Å². The third-order valence-electron chi connectivity index (χ3n) is 5.85. The number of nitro groups is 1. The summed E-state index contributed by atoms with van der Waals surface area (Å²) in [6, 6.07) is 20.6. The monoisotopic (exact) mass is 459 g/mol. The fourth-order valence-electron chi connectivity index (χ4n) is 4.11. The lowest BCUT2D eigenvalue weighted by Crippen LogP contribution is -2.45. The van der Waals surface area contributed by atoms with Crippen LogP contribution in [0.15, 0.2) is 72.8 Å². The quantitative estimate of drug-likeness (QED) is 0.410. The van der Waals surface area contributed by atoms with Crippen molar-refractivity contribution >= 4 is 17.5 Å². The Kier molecular flexibility index (Phi) is 6.87. The number of ether oxygens (including phenoxy) is 1. The van der Waals surface area contributed by atoms with E-state index in [4.69, 9.17) is 4.74 Å². The van der Waals surface area contributed by atoms with Crippen molar-refractivity contribution in [1.82, 2.24) is 10.2 Å². The lowest BCUT2D eigenvalue weighted by molar-refractivity contribution is -0.385. The van der Waals surface area contributed by atoms with Crippen molar-refractivity contribution in [1.29, 1.82) is 0 Å². The van der Waals surface area contributed by atoms with Crippen LogP contribution < -0.4 is 10.1 Å². The second kappa shape index (κ2) is 10.2. The van der Waals surface area contributed by atoms with Gasteiger partial charge in [-0.15, -0.1) is 0 Å². The summed E-state index contributed by atoms with van der Waals surface area (Å²) in [6.07, 6.45) is 1.27. The number of nitro benzene ring substituents is 1. The maximum absolute atomic E-state index is 13.1. The number of para-hydroxylation sites is 2.